The van der Waals surface area contributed by atoms with Crippen LogP contribution in [0.25, 0.3) is 16.6 Å². The number of ketones is 1. The van der Waals surface area contributed by atoms with E-state index < -0.39 is 74.9 Å². The van der Waals surface area contributed by atoms with Gasteiger partial charge in [0, 0.05) is 36.5 Å². The maximum absolute atomic E-state index is 14.3. The summed E-state index contributed by atoms with van der Waals surface area (Å²) < 4.78 is 97.6. The van der Waals surface area contributed by atoms with Crippen molar-refractivity contribution < 1.29 is 60.0 Å². The number of rotatable bonds is 7. The number of phenols is 1. The number of ether oxygens (including phenoxy) is 3. The first-order chi connectivity index (χ1) is 26.8. The van der Waals surface area contributed by atoms with Crippen LogP contribution in [-0.4, -0.2) is 59.6 Å². The van der Waals surface area contributed by atoms with Crippen LogP contribution in [0.2, 0.25) is 10.0 Å². The molecule has 19 heteroatoms. The van der Waals surface area contributed by atoms with Gasteiger partial charge in [0.25, 0.3) is 0 Å². The highest BCUT2D eigenvalue weighted by molar-refractivity contribution is 6.31. The van der Waals surface area contributed by atoms with Crippen LogP contribution in [0.5, 0.6) is 17.2 Å². The molecule has 0 saturated carbocycles. The number of nitrogens with zero attached hydrogens (tertiary/aromatic N) is 2. The van der Waals surface area contributed by atoms with E-state index in [1.54, 1.807) is 13.0 Å². The van der Waals surface area contributed by atoms with Crippen LogP contribution in [0.15, 0.2) is 71.3 Å². The summed E-state index contributed by atoms with van der Waals surface area (Å²) >= 11 is 11.5. The Balaban J connectivity index is 0.000000210. The molecule has 0 radical (unpaired) electrons. The van der Waals surface area contributed by atoms with Crippen molar-refractivity contribution in [2.24, 2.45) is 0 Å². The molecule has 0 saturated heterocycles. The molecule has 0 fully saturated rings. The zero-order valence-corrected chi connectivity index (χ0v) is 31.5. The van der Waals surface area contributed by atoms with Crippen LogP contribution in [0.1, 0.15) is 34.6 Å². The van der Waals surface area contributed by atoms with Gasteiger partial charge in [-0.25, -0.2) is 31.5 Å². The van der Waals surface area contributed by atoms with Crippen LogP contribution in [0.3, 0.4) is 0 Å². The minimum absolute atomic E-state index is 0.0108. The molecule has 4 aromatic carbocycles. The Hall–Kier alpha value is -6.20. The Morgan fingerprint density at radius 3 is 2.05 bits per heavy atom. The fraction of sp³-hybridized carbons (Fsp3) is 0.158. The van der Waals surface area contributed by atoms with Gasteiger partial charge < -0.3 is 34.5 Å². The van der Waals surface area contributed by atoms with Crippen molar-refractivity contribution in [1.82, 2.24) is 9.47 Å². The number of nitrogens with two attached hydrogens (primary N) is 1. The smallest absolute Gasteiger partial charge is 0.343 e. The molecule has 0 spiro atoms. The molecule has 6 rings (SSSR count). The van der Waals surface area contributed by atoms with E-state index in [9.17, 15) is 45.5 Å². The number of phenolic OH excluding ortho intramolecular Hbond substituents is 1. The van der Waals surface area contributed by atoms with E-state index in [1.165, 1.54) is 67.0 Å². The SMILES string of the molecule is CCOC(=O)/C(=C\N(C)C)C(=O)c1cc(F)c(F)c(F)c1F.CCOC(=O)c1cn2c3c(c(F)c(F)cc3c1=O)Oc1ccc(Cl)cc1-2.Nc1cc(Cl)ccc1O. The average Bonchev–Trinajstić information content (AvgIpc) is 3.16. The summed E-state index contributed by atoms with van der Waals surface area (Å²) in [6, 6.07) is 10.0. The fourth-order valence-corrected chi connectivity index (χ4v) is 5.34. The van der Waals surface area contributed by atoms with Crippen LogP contribution in [0.4, 0.5) is 32.0 Å². The molecule has 0 aliphatic carbocycles. The predicted octanol–water partition coefficient (Wildman–Crippen LogP) is 8.27. The molecule has 11 nitrogen and oxygen atoms in total. The highest BCUT2D eigenvalue weighted by Gasteiger charge is 2.30. The zero-order chi connectivity index (χ0) is 42.5. The van der Waals surface area contributed by atoms with Gasteiger partial charge in [0.1, 0.15) is 22.4 Å². The Labute approximate surface area is 329 Å². The Kier molecular flexibility index (Phi) is 13.9. The average molecular weight is 841 g/mol. The van der Waals surface area contributed by atoms with Crippen molar-refractivity contribution in [2.75, 3.05) is 33.0 Å². The number of aromatic nitrogens is 1. The van der Waals surface area contributed by atoms with Crippen molar-refractivity contribution in [3.05, 3.63) is 133 Å². The van der Waals surface area contributed by atoms with Gasteiger partial charge >= 0.3 is 11.9 Å². The monoisotopic (exact) mass is 839 g/mol. The van der Waals surface area contributed by atoms with Crippen molar-refractivity contribution in [2.45, 2.75) is 13.8 Å². The number of carbonyl (C=O) groups excluding carboxylic acids is 3. The molecule has 57 heavy (non-hydrogen) atoms. The standard InChI is InChI=1S/C18H10ClF2NO4.C14H13F4NO3.C6H6ClNO/c1-2-25-18(24)10-7-22-12-5-8(19)3-4-13(12)26-17-14(21)11(20)6-9(15(17)22)16(10)23;1-4-22-14(21)8(6-19(2)3)13(20)7-5-9(15)11(17)12(18)10(7)16;7-4-1-2-6(9)5(8)3-4/h3-7H,2H2,1H3;5-6H,4H2,1-3H3;1-3,9H,8H2/b;8-6-;. The summed E-state index contributed by atoms with van der Waals surface area (Å²) in [6.07, 6.45) is 2.24. The molecule has 2 heterocycles. The third-order valence-corrected chi connectivity index (χ3v) is 7.96. The summed E-state index contributed by atoms with van der Waals surface area (Å²) in [5, 5.41) is 9.56. The predicted molar refractivity (Wildman–Crippen MR) is 197 cm³/mol. The Morgan fingerprint density at radius 2 is 1.46 bits per heavy atom. The number of Topliss-reactive ketones (excluding diaryl/α,β-unsaturated/α-hetero) is 1. The zero-order valence-electron chi connectivity index (χ0n) is 30.0. The number of carbonyl (C=O) groups is 3. The van der Waals surface area contributed by atoms with Gasteiger partial charge in [-0.3, -0.25) is 9.59 Å². The van der Waals surface area contributed by atoms with Crippen molar-refractivity contribution in [3.63, 3.8) is 0 Å². The van der Waals surface area contributed by atoms with Crippen LogP contribution >= 0.6 is 23.2 Å². The molecule has 1 aliphatic rings. The maximum Gasteiger partial charge on any atom is 0.343 e. The molecule has 0 bridgehead atoms. The fourth-order valence-electron chi connectivity index (χ4n) is 4.99. The molecule has 5 aromatic rings. The summed E-state index contributed by atoms with van der Waals surface area (Å²) in [6.45, 7) is 3.07. The third-order valence-electron chi connectivity index (χ3n) is 7.49. The number of nitrogen functional groups attached to an aromatic ring is 1. The van der Waals surface area contributed by atoms with E-state index in [-0.39, 0.29) is 47.2 Å². The van der Waals surface area contributed by atoms with Gasteiger partial charge in [0.2, 0.25) is 17.0 Å². The molecule has 0 unspecified atom stereocenters. The maximum atomic E-state index is 14.3. The topological polar surface area (TPSA) is 150 Å². The number of hydrogen-bond donors (Lipinski definition) is 2. The third kappa shape index (κ3) is 9.44. The van der Waals surface area contributed by atoms with Gasteiger partial charge in [-0.05, 0) is 62.4 Å². The summed E-state index contributed by atoms with van der Waals surface area (Å²) in [4.78, 5) is 49.9. The lowest BCUT2D eigenvalue weighted by Gasteiger charge is -2.24. The molecular weight excluding hydrogens is 811 g/mol. The van der Waals surface area contributed by atoms with E-state index in [0.29, 0.717) is 21.4 Å². The van der Waals surface area contributed by atoms with Crippen molar-refractivity contribution in [1.29, 1.82) is 0 Å². The molecular formula is C38H29Cl2F6N3O8. The van der Waals surface area contributed by atoms with Crippen molar-refractivity contribution in [3.8, 4) is 22.9 Å². The van der Waals surface area contributed by atoms with Crippen LogP contribution in [0, 0.1) is 34.9 Å². The lowest BCUT2D eigenvalue weighted by Crippen LogP contribution is -2.22. The largest absolute Gasteiger partial charge is 0.506 e. The Morgan fingerprint density at radius 1 is 0.842 bits per heavy atom. The number of pyridine rings is 1. The number of hydrogen-bond acceptors (Lipinski definition) is 10. The summed E-state index contributed by atoms with van der Waals surface area (Å²) in [7, 11) is 2.93. The normalized spacial score (nSPS) is 11.3. The molecule has 0 amide bonds. The van der Waals surface area contributed by atoms with E-state index in [4.69, 9.17) is 43.5 Å². The van der Waals surface area contributed by atoms with Gasteiger partial charge in [-0.2, -0.15) is 4.39 Å². The number of benzene rings is 4. The molecule has 1 aromatic heterocycles. The number of anilines is 1. The first-order valence-corrected chi connectivity index (χ1v) is 17.0. The molecule has 1 aliphatic heterocycles. The minimum Gasteiger partial charge on any atom is -0.506 e. The second-order valence-electron chi connectivity index (χ2n) is 11.7. The Bertz CT molecular complexity index is 2510. The van der Waals surface area contributed by atoms with Gasteiger partial charge in [0.15, 0.2) is 40.6 Å². The lowest BCUT2D eigenvalue weighted by atomic mass is 10.0. The minimum atomic E-state index is -2.13. The summed E-state index contributed by atoms with van der Waals surface area (Å²) in [5.74, 6) is -13.7. The number of halogens is 8. The van der Waals surface area contributed by atoms with Gasteiger partial charge in [-0.15, -0.1) is 0 Å². The van der Waals surface area contributed by atoms with Crippen molar-refractivity contribution >= 4 is 57.5 Å². The first kappa shape index (κ1) is 43.5. The number of fused-ring (bicyclic) bond motifs is 2. The highest BCUT2D eigenvalue weighted by atomic mass is 35.5. The quantitative estimate of drug-likeness (QED) is 0.0154. The van der Waals surface area contributed by atoms with E-state index in [1.807, 2.05) is 0 Å². The van der Waals surface area contributed by atoms with Crippen LogP contribution in [-0.2, 0) is 14.3 Å². The van der Waals surface area contributed by atoms with Crippen LogP contribution < -0.4 is 15.9 Å². The van der Waals surface area contributed by atoms with E-state index >= 15 is 0 Å². The van der Waals surface area contributed by atoms with Gasteiger partial charge in [0.05, 0.1) is 35.5 Å². The number of esters is 2. The highest BCUT2D eigenvalue weighted by Crippen LogP contribution is 2.42. The first-order valence-electron chi connectivity index (χ1n) is 16.2. The molecule has 3 N–H and O–H groups in total. The van der Waals surface area contributed by atoms with Gasteiger partial charge in [-0.1, -0.05) is 23.2 Å². The second-order valence-corrected chi connectivity index (χ2v) is 12.6. The summed E-state index contributed by atoms with van der Waals surface area (Å²) in [5.41, 5.74) is 3.17. The second kappa shape index (κ2) is 18.2. The lowest BCUT2D eigenvalue weighted by molar-refractivity contribution is -0.138. The molecule has 0 atom stereocenters. The number of aromatic hydroxyl groups is 1. The van der Waals surface area contributed by atoms with E-state index in [0.717, 1.165) is 12.3 Å². The molecule has 300 valence electrons. The van der Waals surface area contributed by atoms with E-state index in [2.05, 4.69) is 4.74 Å².